The maximum atomic E-state index is 12.3. The van der Waals surface area contributed by atoms with Gasteiger partial charge in [-0.25, -0.2) is 4.79 Å². The molecule has 0 aliphatic carbocycles. The number of aliphatic carboxylic acids is 1. The highest BCUT2D eigenvalue weighted by Crippen LogP contribution is 2.26. The summed E-state index contributed by atoms with van der Waals surface area (Å²) in [6, 6.07) is 7.48. The first-order valence-corrected chi connectivity index (χ1v) is 6.29. The lowest BCUT2D eigenvalue weighted by molar-refractivity contribution is -0.153. The molecule has 2 N–H and O–H groups in total. The number of carboxylic acid groups (broad SMARTS) is 1. The molecule has 2 atom stereocenters. The van der Waals surface area contributed by atoms with E-state index in [1.54, 1.807) is 4.90 Å². The molecule has 0 bridgehead atoms. The zero-order valence-electron chi connectivity index (χ0n) is 10.7. The lowest BCUT2D eigenvalue weighted by Crippen LogP contribution is -2.47. The van der Waals surface area contributed by atoms with Gasteiger partial charge in [0.1, 0.15) is 0 Å². The van der Waals surface area contributed by atoms with Gasteiger partial charge >= 0.3 is 5.97 Å². The topological polar surface area (TPSA) is 77.8 Å². The summed E-state index contributed by atoms with van der Waals surface area (Å²) < 4.78 is 0. The van der Waals surface area contributed by atoms with Crippen molar-refractivity contribution in [2.75, 3.05) is 11.4 Å². The number of hydrogen-bond donors (Lipinski definition) is 2. The molecule has 19 heavy (non-hydrogen) atoms. The number of anilines is 1. The molecule has 1 fully saturated rings. The van der Waals surface area contributed by atoms with Crippen molar-refractivity contribution in [2.24, 2.45) is 5.92 Å². The molecule has 1 aliphatic heterocycles. The highest BCUT2D eigenvalue weighted by Gasteiger charge is 2.37. The van der Waals surface area contributed by atoms with E-state index in [9.17, 15) is 14.7 Å². The number of aryl methyl sites for hydroxylation is 1. The Labute approximate surface area is 111 Å². The third kappa shape index (κ3) is 2.76. The Morgan fingerprint density at radius 1 is 1.37 bits per heavy atom. The van der Waals surface area contributed by atoms with Crippen molar-refractivity contribution >= 4 is 17.6 Å². The largest absolute Gasteiger partial charge is 0.479 e. The van der Waals surface area contributed by atoms with Crippen LogP contribution in [0.25, 0.3) is 0 Å². The predicted molar refractivity (Wildman–Crippen MR) is 69.9 cm³/mol. The normalized spacial score (nSPS) is 21.3. The number of carbonyl (C=O) groups is 2. The van der Waals surface area contributed by atoms with Crippen LogP contribution in [0, 0.1) is 12.8 Å². The monoisotopic (exact) mass is 263 g/mol. The summed E-state index contributed by atoms with van der Waals surface area (Å²) in [4.78, 5) is 24.6. The number of benzene rings is 1. The zero-order valence-corrected chi connectivity index (χ0v) is 10.7. The molecule has 1 aromatic rings. The van der Waals surface area contributed by atoms with Crippen LogP contribution in [0.2, 0.25) is 0 Å². The molecule has 102 valence electrons. The fraction of sp³-hybridized carbons (Fsp3) is 0.429. The summed E-state index contributed by atoms with van der Waals surface area (Å²) in [5.74, 6) is -2.51. The Kier molecular flexibility index (Phi) is 3.85. The molecule has 5 heteroatoms. The number of carbonyl (C=O) groups excluding carboxylic acids is 1. The lowest BCUT2D eigenvalue weighted by atomic mass is 9.91. The predicted octanol–water partition coefficient (Wildman–Crippen LogP) is 1.18. The molecule has 5 nitrogen and oxygen atoms in total. The Balaban J connectivity index is 2.20. The second-order valence-electron chi connectivity index (χ2n) is 4.86. The average molecular weight is 263 g/mol. The number of nitrogens with zero attached hydrogens (tertiary/aromatic N) is 1. The van der Waals surface area contributed by atoms with Gasteiger partial charge in [0, 0.05) is 12.2 Å². The molecule has 0 radical (unpaired) electrons. The SMILES string of the molecule is Cc1ccc(N2CCCC(C(O)C(=O)O)C2=O)cc1. The van der Waals surface area contributed by atoms with E-state index in [0.29, 0.717) is 19.4 Å². The van der Waals surface area contributed by atoms with Crippen LogP contribution < -0.4 is 4.90 Å². The van der Waals surface area contributed by atoms with E-state index in [1.165, 1.54) is 0 Å². The maximum Gasteiger partial charge on any atom is 0.333 e. The van der Waals surface area contributed by atoms with Gasteiger partial charge in [-0.05, 0) is 31.9 Å². The third-order valence-electron chi connectivity index (χ3n) is 3.46. The molecular formula is C14H17NO4. The van der Waals surface area contributed by atoms with E-state index < -0.39 is 18.0 Å². The number of hydrogen-bond acceptors (Lipinski definition) is 3. The summed E-state index contributed by atoms with van der Waals surface area (Å²) in [6.45, 7) is 2.52. The molecule has 1 heterocycles. The number of rotatable bonds is 3. The van der Waals surface area contributed by atoms with Gasteiger partial charge in [0.15, 0.2) is 6.10 Å². The molecular weight excluding hydrogens is 246 g/mol. The standard InChI is InChI=1S/C14H17NO4/c1-9-4-6-10(7-5-9)15-8-2-3-11(13(15)17)12(16)14(18)19/h4-7,11-12,16H,2-3,8H2,1H3,(H,18,19). The minimum Gasteiger partial charge on any atom is -0.479 e. The first-order chi connectivity index (χ1) is 9.00. The van der Waals surface area contributed by atoms with Crippen LogP contribution in [-0.2, 0) is 9.59 Å². The van der Waals surface area contributed by atoms with Crippen LogP contribution in [0.3, 0.4) is 0 Å². The molecule has 1 amide bonds. The number of piperidine rings is 1. The fourth-order valence-electron chi connectivity index (χ4n) is 2.35. The second-order valence-corrected chi connectivity index (χ2v) is 4.86. The van der Waals surface area contributed by atoms with Gasteiger partial charge in [-0.1, -0.05) is 17.7 Å². The van der Waals surface area contributed by atoms with Crippen LogP contribution in [0.15, 0.2) is 24.3 Å². The first kappa shape index (κ1) is 13.5. The van der Waals surface area contributed by atoms with Gasteiger partial charge in [-0.2, -0.15) is 0 Å². The Bertz CT molecular complexity index is 483. The van der Waals surface area contributed by atoms with Gasteiger partial charge in [-0.3, -0.25) is 4.79 Å². The highest BCUT2D eigenvalue weighted by molar-refractivity contribution is 5.98. The molecule has 1 aromatic carbocycles. The van der Waals surface area contributed by atoms with Crippen molar-refractivity contribution in [1.82, 2.24) is 0 Å². The Hall–Kier alpha value is -1.88. The summed E-state index contributed by atoms with van der Waals surface area (Å²) in [5.41, 5.74) is 1.84. The third-order valence-corrected chi connectivity index (χ3v) is 3.46. The van der Waals surface area contributed by atoms with Crippen LogP contribution in [0.5, 0.6) is 0 Å². The van der Waals surface area contributed by atoms with Gasteiger partial charge in [0.05, 0.1) is 5.92 Å². The van der Waals surface area contributed by atoms with Crippen molar-refractivity contribution in [1.29, 1.82) is 0 Å². The molecule has 2 rings (SSSR count). The van der Waals surface area contributed by atoms with Crippen LogP contribution >= 0.6 is 0 Å². The number of aliphatic hydroxyl groups excluding tert-OH is 1. The van der Waals surface area contributed by atoms with Gasteiger partial charge < -0.3 is 15.1 Å². The Morgan fingerprint density at radius 3 is 2.58 bits per heavy atom. The minimum atomic E-state index is -1.62. The van der Waals surface area contributed by atoms with Crippen LogP contribution in [-0.4, -0.2) is 34.7 Å². The molecule has 1 saturated heterocycles. The number of aliphatic hydroxyl groups is 1. The zero-order chi connectivity index (χ0) is 14.0. The van der Waals surface area contributed by atoms with Crippen molar-refractivity contribution in [3.63, 3.8) is 0 Å². The summed E-state index contributed by atoms with van der Waals surface area (Å²) >= 11 is 0. The smallest absolute Gasteiger partial charge is 0.333 e. The van der Waals surface area contributed by atoms with Crippen molar-refractivity contribution < 1.29 is 19.8 Å². The van der Waals surface area contributed by atoms with E-state index in [4.69, 9.17) is 5.11 Å². The molecule has 0 spiro atoms. The molecule has 2 unspecified atom stereocenters. The second kappa shape index (κ2) is 5.40. The summed E-state index contributed by atoms with van der Waals surface area (Å²) in [7, 11) is 0. The van der Waals surface area contributed by atoms with E-state index in [1.807, 2.05) is 31.2 Å². The molecule has 1 aliphatic rings. The number of carboxylic acids is 1. The van der Waals surface area contributed by atoms with Crippen molar-refractivity contribution in [3.05, 3.63) is 29.8 Å². The maximum absolute atomic E-state index is 12.3. The van der Waals surface area contributed by atoms with Gasteiger partial charge in [0.25, 0.3) is 0 Å². The van der Waals surface area contributed by atoms with Crippen molar-refractivity contribution in [3.8, 4) is 0 Å². The van der Waals surface area contributed by atoms with E-state index in [2.05, 4.69) is 0 Å². The number of amides is 1. The van der Waals surface area contributed by atoms with Gasteiger partial charge in [0.2, 0.25) is 5.91 Å². The minimum absolute atomic E-state index is 0.315. The summed E-state index contributed by atoms with van der Waals surface area (Å²) in [6.07, 6.45) is -0.524. The van der Waals surface area contributed by atoms with Crippen LogP contribution in [0.1, 0.15) is 18.4 Å². The van der Waals surface area contributed by atoms with Crippen LogP contribution in [0.4, 0.5) is 5.69 Å². The van der Waals surface area contributed by atoms with E-state index >= 15 is 0 Å². The van der Waals surface area contributed by atoms with E-state index in [0.717, 1.165) is 11.3 Å². The fourth-order valence-corrected chi connectivity index (χ4v) is 2.35. The van der Waals surface area contributed by atoms with Crippen molar-refractivity contribution in [2.45, 2.75) is 25.9 Å². The quantitative estimate of drug-likeness (QED) is 0.858. The van der Waals surface area contributed by atoms with E-state index in [-0.39, 0.29) is 5.91 Å². The summed E-state index contributed by atoms with van der Waals surface area (Å²) in [5, 5.41) is 18.4. The Morgan fingerprint density at radius 2 is 2.00 bits per heavy atom. The molecule has 0 aromatic heterocycles. The average Bonchev–Trinajstić information content (AvgIpc) is 2.39. The lowest BCUT2D eigenvalue weighted by Gasteiger charge is -2.33. The van der Waals surface area contributed by atoms with Gasteiger partial charge in [-0.15, -0.1) is 0 Å². The highest BCUT2D eigenvalue weighted by atomic mass is 16.4. The molecule has 0 saturated carbocycles. The first-order valence-electron chi connectivity index (χ1n) is 6.29.